The molecular formula is C15H22BrN. The summed E-state index contributed by atoms with van der Waals surface area (Å²) in [6.45, 7) is 8.09. The predicted molar refractivity (Wildman–Crippen MR) is 77.4 cm³/mol. The molecule has 0 N–H and O–H groups in total. The number of benzene rings is 1. The number of halogens is 1. The van der Waals surface area contributed by atoms with E-state index in [1.54, 1.807) is 0 Å². The van der Waals surface area contributed by atoms with E-state index in [1.807, 2.05) is 0 Å². The zero-order chi connectivity index (χ0) is 12.3. The maximum atomic E-state index is 3.71. The van der Waals surface area contributed by atoms with E-state index in [-0.39, 0.29) is 0 Å². The molecule has 1 aromatic rings. The second-order valence-electron chi connectivity index (χ2n) is 5.25. The van der Waals surface area contributed by atoms with Crippen LogP contribution in [0.4, 0.5) is 0 Å². The first-order chi connectivity index (χ1) is 8.23. The SMILES string of the molecule is CCC(CC)(CBr)CN1Cc2ccccc2C1. The van der Waals surface area contributed by atoms with Crippen LogP contribution in [0, 0.1) is 5.41 Å². The summed E-state index contributed by atoms with van der Waals surface area (Å²) in [4.78, 5) is 2.60. The van der Waals surface area contributed by atoms with Gasteiger partial charge in [0.05, 0.1) is 0 Å². The Labute approximate surface area is 113 Å². The van der Waals surface area contributed by atoms with Crippen molar-refractivity contribution in [2.75, 3.05) is 11.9 Å². The van der Waals surface area contributed by atoms with Gasteiger partial charge in [-0.15, -0.1) is 0 Å². The van der Waals surface area contributed by atoms with Crippen LogP contribution in [0.2, 0.25) is 0 Å². The topological polar surface area (TPSA) is 3.24 Å². The van der Waals surface area contributed by atoms with Crippen LogP contribution in [0.3, 0.4) is 0 Å². The lowest BCUT2D eigenvalue weighted by Gasteiger charge is -2.34. The van der Waals surface area contributed by atoms with Crippen LogP contribution in [0.1, 0.15) is 37.8 Å². The van der Waals surface area contributed by atoms with E-state index >= 15 is 0 Å². The molecule has 1 aliphatic heterocycles. The van der Waals surface area contributed by atoms with E-state index in [0.29, 0.717) is 5.41 Å². The third-order valence-electron chi connectivity index (χ3n) is 4.25. The van der Waals surface area contributed by atoms with Gasteiger partial charge in [-0.3, -0.25) is 4.90 Å². The quantitative estimate of drug-likeness (QED) is 0.736. The number of fused-ring (bicyclic) bond motifs is 1. The van der Waals surface area contributed by atoms with Crippen LogP contribution < -0.4 is 0 Å². The molecule has 0 unspecified atom stereocenters. The molecule has 2 heteroatoms. The van der Waals surface area contributed by atoms with Gasteiger partial charge >= 0.3 is 0 Å². The normalized spacial score (nSPS) is 16.2. The third-order valence-corrected chi connectivity index (χ3v) is 5.44. The highest BCUT2D eigenvalue weighted by Gasteiger charge is 2.30. The second kappa shape index (κ2) is 5.53. The maximum Gasteiger partial charge on any atom is 0.0240 e. The summed E-state index contributed by atoms with van der Waals surface area (Å²) in [5, 5.41) is 1.11. The van der Waals surface area contributed by atoms with Crippen LogP contribution in [0.15, 0.2) is 24.3 Å². The number of hydrogen-bond donors (Lipinski definition) is 0. The van der Waals surface area contributed by atoms with Crippen LogP contribution in [0.5, 0.6) is 0 Å². The van der Waals surface area contributed by atoms with Gasteiger partial charge in [0.1, 0.15) is 0 Å². The third kappa shape index (κ3) is 2.74. The molecule has 0 bridgehead atoms. The van der Waals surface area contributed by atoms with Crippen LogP contribution in [-0.4, -0.2) is 16.8 Å². The van der Waals surface area contributed by atoms with E-state index in [1.165, 1.54) is 30.5 Å². The molecule has 1 aromatic carbocycles. The lowest BCUT2D eigenvalue weighted by atomic mass is 9.84. The number of rotatable bonds is 5. The minimum Gasteiger partial charge on any atom is -0.294 e. The number of hydrogen-bond acceptors (Lipinski definition) is 1. The van der Waals surface area contributed by atoms with Crippen molar-refractivity contribution in [2.45, 2.75) is 39.8 Å². The molecule has 1 aliphatic rings. The van der Waals surface area contributed by atoms with E-state index in [2.05, 4.69) is 58.9 Å². The van der Waals surface area contributed by atoms with Gasteiger partial charge in [-0.25, -0.2) is 0 Å². The second-order valence-corrected chi connectivity index (χ2v) is 5.82. The molecular weight excluding hydrogens is 274 g/mol. The molecule has 0 saturated heterocycles. The Morgan fingerprint density at radius 3 is 2.06 bits per heavy atom. The average Bonchev–Trinajstić information content (AvgIpc) is 2.78. The zero-order valence-electron chi connectivity index (χ0n) is 10.9. The molecule has 1 nitrogen and oxygen atoms in total. The van der Waals surface area contributed by atoms with Crippen molar-refractivity contribution in [1.82, 2.24) is 4.90 Å². The maximum absolute atomic E-state index is 3.71. The Hall–Kier alpha value is -0.340. The van der Waals surface area contributed by atoms with Crippen LogP contribution >= 0.6 is 15.9 Å². The molecule has 0 aromatic heterocycles. The summed E-state index contributed by atoms with van der Waals surface area (Å²) >= 11 is 3.71. The predicted octanol–water partition coefficient (Wildman–Crippen LogP) is 4.20. The van der Waals surface area contributed by atoms with E-state index < -0.39 is 0 Å². The largest absolute Gasteiger partial charge is 0.294 e. The number of alkyl halides is 1. The van der Waals surface area contributed by atoms with Gasteiger partial charge in [-0.1, -0.05) is 54.0 Å². The molecule has 0 atom stereocenters. The summed E-state index contributed by atoms with van der Waals surface area (Å²) in [5.74, 6) is 0. The summed E-state index contributed by atoms with van der Waals surface area (Å²) in [6, 6.07) is 8.84. The van der Waals surface area contributed by atoms with E-state index in [9.17, 15) is 0 Å². The molecule has 0 radical (unpaired) electrons. The molecule has 17 heavy (non-hydrogen) atoms. The van der Waals surface area contributed by atoms with Crippen molar-refractivity contribution in [3.05, 3.63) is 35.4 Å². The first kappa shape index (κ1) is 13.1. The fraction of sp³-hybridized carbons (Fsp3) is 0.600. The van der Waals surface area contributed by atoms with Gasteiger partial charge < -0.3 is 0 Å². The van der Waals surface area contributed by atoms with Crippen LogP contribution in [-0.2, 0) is 13.1 Å². The highest BCUT2D eigenvalue weighted by molar-refractivity contribution is 9.09. The standard InChI is InChI=1S/C15H22BrN/c1-3-15(4-2,11-16)12-17-9-13-7-5-6-8-14(13)10-17/h5-8H,3-4,9-12H2,1-2H3. The Kier molecular flexibility index (Phi) is 4.26. The smallest absolute Gasteiger partial charge is 0.0240 e. The van der Waals surface area contributed by atoms with Crippen molar-refractivity contribution in [1.29, 1.82) is 0 Å². The average molecular weight is 296 g/mol. The van der Waals surface area contributed by atoms with Gasteiger partial charge in [-0.05, 0) is 29.4 Å². The van der Waals surface area contributed by atoms with Crippen molar-refractivity contribution in [3.8, 4) is 0 Å². The highest BCUT2D eigenvalue weighted by Crippen LogP contribution is 2.33. The summed E-state index contributed by atoms with van der Waals surface area (Å²) in [5.41, 5.74) is 3.48. The summed E-state index contributed by atoms with van der Waals surface area (Å²) in [7, 11) is 0. The van der Waals surface area contributed by atoms with E-state index in [0.717, 1.165) is 18.4 Å². The molecule has 1 heterocycles. The summed E-state index contributed by atoms with van der Waals surface area (Å²) in [6.07, 6.45) is 2.50. The monoisotopic (exact) mass is 295 g/mol. The van der Waals surface area contributed by atoms with Crippen LogP contribution in [0.25, 0.3) is 0 Å². The first-order valence-electron chi connectivity index (χ1n) is 6.58. The lowest BCUT2D eigenvalue weighted by molar-refractivity contribution is 0.159. The Morgan fingerprint density at radius 1 is 1.12 bits per heavy atom. The van der Waals surface area contributed by atoms with Crippen molar-refractivity contribution in [3.63, 3.8) is 0 Å². The van der Waals surface area contributed by atoms with Crippen molar-refractivity contribution < 1.29 is 0 Å². The Bertz CT molecular complexity index is 338. The molecule has 0 saturated carbocycles. The van der Waals surface area contributed by atoms with E-state index in [4.69, 9.17) is 0 Å². The Balaban J connectivity index is 2.04. The van der Waals surface area contributed by atoms with Gasteiger partial charge in [-0.2, -0.15) is 0 Å². The molecule has 2 rings (SSSR count). The van der Waals surface area contributed by atoms with Gasteiger partial charge in [0, 0.05) is 25.0 Å². The van der Waals surface area contributed by atoms with Gasteiger partial charge in [0.25, 0.3) is 0 Å². The fourth-order valence-electron chi connectivity index (χ4n) is 2.69. The van der Waals surface area contributed by atoms with Crippen molar-refractivity contribution >= 4 is 15.9 Å². The minimum absolute atomic E-state index is 0.446. The number of nitrogens with zero attached hydrogens (tertiary/aromatic N) is 1. The molecule has 0 spiro atoms. The summed E-state index contributed by atoms with van der Waals surface area (Å²) < 4.78 is 0. The minimum atomic E-state index is 0.446. The molecule has 0 fully saturated rings. The molecule has 0 amide bonds. The first-order valence-corrected chi connectivity index (χ1v) is 7.70. The molecule has 0 aliphatic carbocycles. The van der Waals surface area contributed by atoms with Crippen molar-refractivity contribution in [2.24, 2.45) is 5.41 Å². The fourth-order valence-corrected chi connectivity index (χ4v) is 3.67. The molecule has 94 valence electrons. The lowest BCUT2D eigenvalue weighted by Crippen LogP contribution is -2.35. The highest BCUT2D eigenvalue weighted by atomic mass is 79.9. The van der Waals surface area contributed by atoms with Gasteiger partial charge in [0.15, 0.2) is 0 Å². The van der Waals surface area contributed by atoms with Gasteiger partial charge in [0.2, 0.25) is 0 Å². The zero-order valence-corrected chi connectivity index (χ0v) is 12.5. The Morgan fingerprint density at radius 2 is 1.65 bits per heavy atom.